The summed E-state index contributed by atoms with van der Waals surface area (Å²) in [4.78, 5) is 17.4. The third kappa shape index (κ3) is 6.15. The second kappa shape index (κ2) is 10.2. The van der Waals surface area contributed by atoms with E-state index in [1.54, 1.807) is 19.4 Å². The van der Waals surface area contributed by atoms with Crippen molar-refractivity contribution in [2.75, 3.05) is 13.7 Å². The quantitative estimate of drug-likeness (QED) is 0.541. The Morgan fingerprint density at radius 1 is 1.00 bits per heavy atom. The number of pyridine rings is 1. The molecule has 0 radical (unpaired) electrons. The molecule has 1 heterocycles. The van der Waals surface area contributed by atoms with Gasteiger partial charge in [0.25, 0.3) is 5.91 Å². The maximum atomic E-state index is 13.1. The summed E-state index contributed by atoms with van der Waals surface area (Å²) in [5.74, 6) is 0.476. The lowest BCUT2D eigenvalue weighted by Crippen LogP contribution is -2.27. The van der Waals surface area contributed by atoms with Crippen molar-refractivity contribution in [3.63, 3.8) is 0 Å². The molecule has 0 aliphatic carbocycles. The number of nitrogens with zero attached hydrogens (tertiary/aromatic N) is 1. The number of hydrogen-bond acceptors (Lipinski definition) is 4. The van der Waals surface area contributed by atoms with E-state index in [-0.39, 0.29) is 18.1 Å². The van der Waals surface area contributed by atoms with Gasteiger partial charge in [-0.05, 0) is 68.7 Å². The molecule has 2 atom stereocenters. The van der Waals surface area contributed by atoms with Crippen LogP contribution in [0.5, 0.6) is 5.75 Å². The fraction of sp³-hybridized carbons (Fsp3) is 0.308. The zero-order chi connectivity index (χ0) is 22.4. The molecule has 2 aromatic carbocycles. The lowest BCUT2D eigenvalue weighted by Gasteiger charge is -2.18. The number of aryl methyl sites for hydroxylation is 2. The average Bonchev–Trinajstić information content (AvgIpc) is 2.74. The van der Waals surface area contributed by atoms with E-state index >= 15 is 0 Å². The van der Waals surface area contributed by atoms with E-state index in [9.17, 15) is 4.79 Å². The van der Waals surface area contributed by atoms with E-state index in [0.717, 1.165) is 22.4 Å². The van der Waals surface area contributed by atoms with Crippen molar-refractivity contribution in [1.82, 2.24) is 10.3 Å². The minimum Gasteiger partial charge on any atom is -0.488 e. The fourth-order valence-electron chi connectivity index (χ4n) is 3.31. The third-order valence-corrected chi connectivity index (χ3v) is 5.07. The Bertz CT molecular complexity index is 1010. The Kier molecular flexibility index (Phi) is 7.42. The lowest BCUT2D eigenvalue weighted by molar-refractivity contribution is 0.0908. The maximum Gasteiger partial charge on any atom is 0.251 e. The van der Waals surface area contributed by atoms with Crippen molar-refractivity contribution in [1.29, 1.82) is 0 Å². The normalized spacial score (nSPS) is 12.8. The van der Waals surface area contributed by atoms with E-state index in [2.05, 4.69) is 41.5 Å². The molecule has 0 saturated carbocycles. The van der Waals surface area contributed by atoms with Gasteiger partial charge in [-0.1, -0.05) is 35.9 Å². The van der Waals surface area contributed by atoms with Crippen molar-refractivity contribution >= 4 is 5.91 Å². The molecule has 1 N–H and O–H groups in total. The molecule has 3 aromatic rings. The molecule has 5 nitrogen and oxygen atoms in total. The van der Waals surface area contributed by atoms with Gasteiger partial charge in [-0.2, -0.15) is 0 Å². The number of carbonyl (C=O) groups is 1. The monoisotopic (exact) mass is 418 g/mol. The highest BCUT2D eigenvalue weighted by molar-refractivity contribution is 5.96. The van der Waals surface area contributed by atoms with Crippen LogP contribution in [0.4, 0.5) is 0 Å². The van der Waals surface area contributed by atoms with E-state index < -0.39 is 0 Å². The number of rotatable bonds is 8. The minimum atomic E-state index is -0.166. The predicted molar refractivity (Wildman–Crippen MR) is 123 cm³/mol. The van der Waals surface area contributed by atoms with Gasteiger partial charge >= 0.3 is 0 Å². The number of carbonyl (C=O) groups excluding carboxylic acids is 1. The summed E-state index contributed by atoms with van der Waals surface area (Å²) < 4.78 is 11.2. The SMILES string of the molecule is COCC(C)Oc1cc(C(=O)N[C@H](C)c2ccc(C)nc2)cc(-c2ccc(C)cc2)c1. The summed E-state index contributed by atoms with van der Waals surface area (Å²) >= 11 is 0. The van der Waals surface area contributed by atoms with Crippen molar-refractivity contribution in [2.24, 2.45) is 0 Å². The van der Waals surface area contributed by atoms with Crippen LogP contribution in [0.15, 0.2) is 60.8 Å². The van der Waals surface area contributed by atoms with Crippen LogP contribution in [0.1, 0.15) is 47.1 Å². The molecule has 0 aliphatic heterocycles. The van der Waals surface area contributed by atoms with Gasteiger partial charge in [0.15, 0.2) is 0 Å². The summed E-state index contributed by atoms with van der Waals surface area (Å²) in [7, 11) is 1.64. The Hall–Kier alpha value is -3.18. The van der Waals surface area contributed by atoms with E-state index in [1.165, 1.54) is 5.56 Å². The second-order valence-electron chi connectivity index (χ2n) is 7.92. The van der Waals surface area contributed by atoms with Crippen LogP contribution in [0.3, 0.4) is 0 Å². The molecule has 0 saturated heterocycles. The minimum absolute atomic E-state index is 0.133. The number of nitrogens with one attached hydrogen (secondary N) is 1. The summed E-state index contributed by atoms with van der Waals surface area (Å²) in [6.07, 6.45) is 1.66. The third-order valence-electron chi connectivity index (χ3n) is 5.07. The summed E-state index contributed by atoms with van der Waals surface area (Å²) in [6, 6.07) is 17.6. The Labute approximate surface area is 184 Å². The molecular weight excluding hydrogens is 388 g/mol. The number of methoxy groups -OCH3 is 1. The molecule has 0 fully saturated rings. The molecule has 1 aromatic heterocycles. The van der Waals surface area contributed by atoms with Crippen LogP contribution < -0.4 is 10.1 Å². The molecule has 0 spiro atoms. The highest BCUT2D eigenvalue weighted by atomic mass is 16.5. The Morgan fingerprint density at radius 2 is 1.74 bits per heavy atom. The van der Waals surface area contributed by atoms with Crippen LogP contribution >= 0.6 is 0 Å². The first-order valence-corrected chi connectivity index (χ1v) is 10.5. The molecule has 162 valence electrons. The van der Waals surface area contributed by atoms with Gasteiger partial charge < -0.3 is 14.8 Å². The first-order chi connectivity index (χ1) is 14.9. The van der Waals surface area contributed by atoms with Gasteiger partial charge in [0.05, 0.1) is 12.6 Å². The molecule has 0 aliphatic rings. The largest absolute Gasteiger partial charge is 0.488 e. The average molecular weight is 419 g/mol. The number of hydrogen-bond donors (Lipinski definition) is 1. The molecule has 31 heavy (non-hydrogen) atoms. The smallest absolute Gasteiger partial charge is 0.251 e. The molecule has 3 rings (SSSR count). The topological polar surface area (TPSA) is 60.5 Å². The van der Waals surface area contributed by atoms with E-state index in [4.69, 9.17) is 9.47 Å². The van der Waals surface area contributed by atoms with Crippen LogP contribution in [-0.2, 0) is 4.74 Å². The maximum absolute atomic E-state index is 13.1. The molecular formula is C26H30N2O3. The van der Waals surface area contributed by atoms with E-state index in [1.807, 2.05) is 45.0 Å². The van der Waals surface area contributed by atoms with Gasteiger partial charge in [-0.15, -0.1) is 0 Å². The zero-order valence-corrected chi connectivity index (χ0v) is 18.8. The van der Waals surface area contributed by atoms with Crippen LogP contribution in [0.2, 0.25) is 0 Å². The van der Waals surface area contributed by atoms with Gasteiger partial charge in [-0.25, -0.2) is 0 Å². The fourth-order valence-corrected chi connectivity index (χ4v) is 3.31. The lowest BCUT2D eigenvalue weighted by atomic mass is 10.0. The summed E-state index contributed by atoms with van der Waals surface area (Å²) in [5.41, 5.74) is 5.59. The number of amides is 1. The van der Waals surface area contributed by atoms with Crippen molar-refractivity contribution in [3.8, 4) is 16.9 Å². The number of benzene rings is 2. The highest BCUT2D eigenvalue weighted by Gasteiger charge is 2.15. The molecule has 0 bridgehead atoms. The van der Waals surface area contributed by atoms with Gasteiger partial charge in [0, 0.05) is 24.6 Å². The summed E-state index contributed by atoms with van der Waals surface area (Å²) in [6.45, 7) is 8.35. The zero-order valence-electron chi connectivity index (χ0n) is 18.8. The van der Waals surface area contributed by atoms with Gasteiger partial charge in [0.2, 0.25) is 0 Å². The van der Waals surface area contributed by atoms with Gasteiger partial charge in [-0.3, -0.25) is 9.78 Å². The molecule has 1 amide bonds. The van der Waals surface area contributed by atoms with Crippen LogP contribution in [0, 0.1) is 13.8 Å². The molecule has 5 heteroatoms. The van der Waals surface area contributed by atoms with Crippen molar-refractivity contribution in [3.05, 3.63) is 83.2 Å². The highest BCUT2D eigenvalue weighted by Crippen LogP contribution is 2.28. The first kappa shape index (κ1) is 22.5. The van der Waals surface area contributed by atoms with Crippen LogP contribution in [0.25, 0.3) is 11.1 Å². The predicted octanol–water partition coefficient (Wildman–Crippen LogP) is 5.27. The Morgan fingerprint density at radius 3 is 2.39 bits per heavy atom. The number of aromatic nitrogens is 1. The molecule has 1 unspecified atom stereocenters. The van der Waals surface area contributed by atoms with E-state index in [0.29, 0.717) is 17.9 Å². The van der Waals surface area contributed by atoms with Gasteiger partial charge in [0.1, 0.15) is 11.9 Å². The standard InChI is InChI=1S/C26H30N2O3/c1-17-6-9-21(10-7-17)23-12-24(14-25(13-23)31-19(3)16-30-5)26(29)28-20(4)22-11-8-18(2)27-15-22/h6-15,19-20H,16H2,1-5H3,(H,28,29)/t19?,20-/m1/s1. The first-order valence-electron chi connectivity index (χ1n) is 10.5. The number of ether oxygens (including phenoxy) is 2. The second-order valence-corrected chi connectivity index (χ2v) is 7.92. The Balaban J connectivity index is 1.89. The van der Waals surface area contributed by atoms with Crippen molar-refractivity contribution < 1.29 is 14.3 Å². The van der Waals surface area contributed by atoms with Crippen LogP contribution in [-0.4, -0.2) is 30.7 Å². The summed E-state index contributed by atoms with van der Waals surface area (Å²) in [5, 5.41) is 3.07. The van der Waals surface area contributed by atoms with Crippen molar-refractivity contribution in [2.45, 2.75) is 39.8 Å².